The Morgan fingerprint density at radius 1 is 1.25 bits per heavy atom. The summed E-state index contributed by atoms with van der Waals surface area (Å²) in [6, 6.07) is 1.76. The van der Waals surface area contributed by atoms with Gasteiger partial charge in [0.05, 0.1) is 5.56 Å². The van der Waals surface area contributed by atoms with Crippen LogP contribution < -0.4 is 5.73 Å². The van der Waals surface area contributed by atoms with Crippen molar-refractivity contribution in [2.45, 2.75) is 6.18 Å². The first-order valence-electron chi connectivity index (χ1n) is 3.98. The first-order chi connectivity index (χ1) is 7.29. The van der Waals surface area contributed by atoms with E-state index < -0.39 is 23.5 Å². The van der Waals surface area contributed by atoms with Crippen molar-refractivity contribution in [1.29, 1.82) is 0 Å². The second kappa shape index (κ2) is 4.23. The lowest BCUT2D eigenvalue weighted by atomic mass is 10.1. The zero-order chi connectivity index (χ0) is 12.3. The van der Waals surface area contributed by atoms with Crippen LogP contribution in [0, 0.1) is 17.7 Å². The molecule has 0 unspecified atom stereocenters. The Labute approximate surface area is 88.1 Å². The second-order valence-corrected chi connectivity index (χ2v) is 2.84. The number of benzene rings is 1. The number of halogens is 4. The van der Waals surface area contributed by atoms with Crippen molar-refractivity contribution in [2.75, 3.05) is 0 Å². The number of amides is 1. The average molecular weight is 231 g/mol. The lowest BCUT2D eigenvalue weighted by Gasteiger charge is -2.06. The molecule has 2 nitrogen and oxygen atoms in total. The summed E-state index contributed by atoms with van der Waals surface area (Å²) < 4.78 is 49.5. The van der Waals surface area contributed by atoms with E-state index in [2.05, 4.69) is 5.73 Å². The molecule has 6 heteroatoms. The van der Waals surface area contributed by atoms with Gasteiger partial charge in [-0.25, -0.2) is 4.39 Å². The van der Waals surface area contributed by atoms with Crippen molar-refractivity contribution in [2.24, 2.45) is 5.73 Å². The normalized spacial score (nSPS) is 10.5. The fraction of sp³-hybridized carbons (Fsp3) is 0.100. The van der Waals surface area contributed by atoms with Gasteiger partial charge in [-0.15, -0.1) is 0 Å². The summed E-state index contributed by atoms with van der Waals surface area (Å²) in [6.45, 7) is 0. The molecule has 16 heavy (non-hydrogen) atoms. The third kappa shape index (κ3) is 3.28. The highest BCUT2D eigenvalue weighted by Crippen LogP contribution is 2.30. The van der Waals surface area contributed by atoms with Gasteiger partial charge in [-0.05, 0) is 24.1 Å². The number of hydrogen-bond acceptors (Lipinski definition) is 1. The minimum atomic E-state index is -4.66. The van der Waals surface area contributed by atoms with Gasteiger partial charge in [0.1, 0.15) is 5.82 Å². The minimum absolute atomic E-state index is 0.258. The van der Waals surface area contributed by atoms with E-state index in [1.54, 1.807) is 0 Å². The lowest BCUT2D eigenvalue weighted by molar-refractivity contribution is -0.137. The van der Waals surface area contributed by atoms with Crippen LogP contribution in [-0.2, 0) is 11.0 Å². The first-order valence-corrected chi connectivity index (χ1v) is 3.98. The van der Waals surface area contributed by atoms with Crippen LogP contribution in [0.5, 0.6) is 0 Å². The van der Waals surface area contributed by atoms with E-state index in [0.717, 1.165) is 6.07 Å². The molecule has 0 heterocycles. The molecular weight excluding hydrogens is 226 g/mol. The van der Waals surface area contributed by atoms with Gasteiger partial charge in [-0.2, -0.15) is 13.2 Å². The van der Waals surface area contributed by atoms with E-state index in [9.17, 15) is 22.4 Å². The van der Waals surface area contributed by atoms with Gasteiger partial charge in [-0.3, -0.25) is 4.79 Å². The Kier molecular flexibility index (Phi) is 3.18. The van der Waals surface area contributed by atoms with Crippen LogP contribution in [0.2, 0.25) is 0 Å². The molecule has 84 valence electrons. The molecule has 0 spiro atoms. The van der Waals surface area contributed by atoms with Crippen LogP contribution in [-0.4, -0.2) is 5.91 Å². The van der Waals surface area contributed by atoms with E-state index in [1.807, 2.05) is 11.8 Å². The third-order valence-corrected chi connectivity index (χ3v) is 1.56. The fourth-order valence-corrected chi connectivity index (χ4v) is 0.959. The molecule has 0 aliphatic rings. The summed E-state index contributed by atoms with van der Waals surface area (Å²) in [5, 5.41) is 0. The van der Waals surface area contributed by atoms with Crippen molar-refractivity contribution < 1.29 is 22.4 Å². The molecule has 0 atom stereocenters. The van der Waals surface area contributed by atoms with Gasteiger partial charge in [-0.1, -0.05) is 5.92 Å². The molecule has 1 aromatic carbocycles. The number of carbonyl (C=O) groups excluding carboxylic acids is 1. The SMILES string of the molecule is NC(=O)C#Cc1cc(F)cc(C(F)(F)F)c1. The van der Waals surface area contributed by atoms with Crippen LogP contribution in [0.3, 0.4) is 0 Å². The lowest BCUT2D eigenvalue weighted by Crippen LogP contribution is -2.07. The standard InChI is InChI=1S/C10H5F4NO/c11-8-4-6(1-2-9(15)16)3-7(5-8)10(12,13)14/h3-5H,(H2,15,16). The quantitative estimate of drug-likeness (QED) is 0.535. The second-order valence-electron chi connectivity index (χ2n) is 2.84. The number of alkyl halides is 3. The largest absolute Gasteiger partial charge is 0.416 e. The summed E-state index contributed by atoms with van der Waals surface area (Å²) in [7, 11) is 0. The van der Waals surface area contributed by atoms with Gasteiger partial charge in [0, 0.05) is 5.56 Å². The highest BCUT2D eigenvalue weighted by atomic mass is 19.4. The molecule has 0 saturated carbocycles. The molecule has 2 N–H and O–H groups in total. The topological polar surface area (TPSA) is 43.1 Å². The van der Waals surface area contributed by atoms with Crippen LogP contribution >= 0.6 is 0 Å². The van der Waals surface area contributed by atoms with E-state index in [-0.39, 0.29) is 5.56 Å². The minimum Gasteiger partial charge on any atom is -0.359 e. The number of rotatable bonds is 0. The third-order valence-electron chi connectivity index (χ3n) is 1.56. The molecular formula is C10H5F4NO. The first kappa shape index (κ1) is 12.0. The predicted octanol–water partition coefficient (Wildman–Crippen LogP) is 1.68. The van der Waals surface area contributed by atoms with Gasteiger partial charge in [0.15, 0.2) is 0 Å². The molecule has 0 radical (unpaired) electrons. The molecule has 1 amide bonds. The maximum absolute atomic E-state index is 12.8. The smallest absolute Gasteiger partial charge is 0.359 e. The molecule has 0 fully saturated rings. The molecule has 1 aromatic rings. The zero-order valence-corrected chi connectivity index (χ0v) is 7.73. The summed E-state index contributed by atoms with van der Waals surface area (Å²) in [4.78, 5) is 10.3. The number of primary amides is 1. The summed E-state index contributed by atoms with van der Waals surface area (Å²) in [5.74, 6) is 1.77. The van der Waals surface area contributed by atoms with Crippen LogP contribution in [0.4, 0.5) is 17.6 Å². The highest BCUT2D eigenvalue weighted by Gasteiger charge is 2.31. The maximum Gasteiger partial charge on any atom is 0.416 e. The van der Waals surface area contributed by atoms with Gasteiger partial charge < -0.3 is 5.73 Å². The monoisotopic (exact) mass is 231 g/mol. The number of hydrogen-bond donors (Lipinski definition) is 1. The summed E-state index contributed by atoms with van der Waals surface area (Å²) in [5.41, 5.74) is 3.25. The van der Waals surface area contributed by atoms with E-state index >= 15 is 0 Å². The van der Waals surface area contributed by atoms with Crippen LogP contribution in [0.25, 0.3) is 0 Å². The Balaban J connectivity index is 3.20. The van der Waals surface area contributed by atoms with Crippen molar-refractivity contribution in [3.63, 3.8) is 0 Å². The molecule has 1 rings (SSSR count). The Bertz CT molecular complexity index is 482. The van der Waals surface area contributed by atoms with E-state index in [0.29, 0.717) is 12.1 Å². The van der Waals surface area contributed by atoms with Gasteiger partial charge in [0.2, 0.25) is 0 Å². The average Bonchev–Trinajstić information content (AvgIpc) is 2.12. The summed E-state index contributed by atoms with van der Waals surface area (Å²) >= 11 is 0. The molecule has 0 aliphatic carbocycles. The molecule has 0 saturated heterocycles. The van der Waals surface area contributed by atoms with Crippen molar-refractivity contribution in [1.82, 2.24) is 0 Å². The van der Waals surface area contributed by atoms with Crippen molar-refractivity contribution in [3.05, 3.63) is 35.1 Å². The maximum atomic E-state index is 12.8. The van der Waals surface area contributed by atoms with Crippen LogP contribution in [0.1, 0.15) is 11.1 Å². The van der Waals surface area contributed by atoms with E-state index in [1.165, 1.54) is 0 Å². The van der Waals surface area contributed by atoms with Gasteiger partial charge in [0.25, 0.3) is 5.91 Å². The van der Waals surface area contributed by atoms with Crippen molar-refractivity contribution >= 4 is 5.91 Å². The van der Waals surface area contributed by atoms with Crippen LogP contribution in [0.15, 0.2) is 18.2 Å². The molecule has 0 bridgehead atoms. The van der Waals surface area contributed by atoms with E-state index in [4.69, 9.17) is 0 Å². The fourth-order valence-electron chi connectivity index (χ4n) is 0.959. The molecule has 0 aliphatic heterocycles. The Morgan fingerprint density at radius 3 is 2.38 bits per heavy atom. The summed E-state index contributed by atoms with van der Waals surface area (Å²) in [6.07, 6.45) is -4.66. The number of carbonyl (C=O) groups is 1. The Morgan fingerprint density at radius 2 is 1.88 bits per heavy atom. The molecule has 0 aromatic heterocycles. The highest BCUT2D eigenvalue weighted by molar-refractivity contribution is 5.92. The van der Waals surface area contributed by atoms with Gasteiger partial charge >= 0.3 is 6.18 Å². The van der Waals surface area contributed by atoms with Crippen molar-refractivity contribution in [3.8, 4) is 11.8 Å². The number of nitrogens with two attached hydrogens (primary N) is 1. The predicted molar refractivity (Wildman–Crippen MR) is 47.5 cm³/mol. The Hall–Kier alpha value is -2.03. The zero-order valence-electron chi connectivity index (χ0n) is 7.73.